The number of ether oxygens (including phenoxy) is 2. The maximum atomic E-state index is 12.6. The van der Waals surface area contributed by atoms with Crippen molar-refractivity contribution < 1.29 is 47.8 Å². The van der Waals surface area contributed by atoms with Crippen LogP contribution in [0.4, 0.5) is 0 Å². The lowest BCUT2D eigenvalue weighted by Crippen LogP contribution is -2.29. The fourth-order valence-corrected chi connectivity index (χ4v) is 6.36. The van der Waals surface area contributed by atoms with Gasteiger partial charge in [0, 0.05) is 12.8 Å². The van der Waals surface area contributed by atoms with Crippen LogP contribution in [0.15, 0.2) is 24.3 Å². The van der Waals surface area contributed by atoms with Gasteiger partial charge in [-0.15, -0.1) is 0 Å². The zero-order valence-corrected chi connectivity index (χ0v) is 33.9. The Bertz CT molecular complexity index is 925. The predicted octanol–water partition coefficient (Wildman–Crippen LogP) is 10.6. The summed E-state index contributed by atoms with van der Waals surface area (Å²) in [5.74, 6) is -0.938. The van der Waals surface area contributed by atoms with E-state index in [-0.39, 0.29) is 19.4 Å². The molecular formula is C41H77O10P. The fraction of sp³-hybridized carbons (Fsp3) is 0.854. The van der Waals surface area contributed by atoms with E-state index in [0.29, 0.717) is 12.8 Å². The standard InChI is InChI=1S/C41H77O10P/c1-3-5-7-9-11-13-15-17-18-19-20-21-23-24-26-28-30-32-40(44)48-36-39(37-50-52(46,47)49-35-38(43)34-42)51-41(45)33-31-29-27-25-22-16-14-12-10-8-6-4-2/h12,14,17-18,38-39,42-43H,3-11,13,15-16,19-37H2,1-2H3,(H,46,47)/b14-12+,18-17+/t38-,39+/m1/s1. The van der Waals surface area contributed by atoms with Gasteiger partial charge < -0.3 is 24.6 Å². The summed E-state index contributed by atoms with van der Waals surface area (Å²) in [5, 5.41) is 18.3. The monoisotopic (exact) mass is 761 g/mol. The molecule has 0 bridgehead atoms. The van der Waals surface area contributed by atoms with E-state index in [1.54, 1.807) is 0 Å². The fourth-order valence-electron chi connectivity index (χ4n) is 5.57. The molecule has 0 fully saturated rings. The Morgan fingerprint density at radius 2 is 0.942 bits per heavy atom. The van der Waals surface area contributed by atoms with Crippen molar-refractivity contribution in [3.05, 3.63) is 24.3 Å². The maximum Gasteiger partial charge on any atom is 0.472 e. The number of aliphatic hydroxyl groups excluding tert-OH is 2. The van der Waals surface area contributed by atoms with Crippen molar-refractivity contribution in [3.63, 3.8) is 0 Å². The van der Waals surface area contributed by atoms with E-state index in [9.17, 15) is 24.2 Å². The molecule has 0 aromatic rings. The van der Waals surface area contributed by atoms with Crippen molar-refractivity contribution >= 4 is 19.8 Å². The highest BCUT2D eigenvalue weighted by atomic mass is 31.2. The number of unbranched alkanes of at least 4 members (excludes halogenated alkanes) is 21. The molecule has 0 spiro atoms. The minimum atomic E-state index is -4.61. The van der Waals surface area contributed by atoms with E-state index in [2.05, 4.69) is 42.7 Å². The van der Waals surface area contributed by atoms with Crippen molar-refractivity contribution in [2.75, 3.05) is 26.4 Å². The highest BCUT2D eigenvalue weighted by Crippen LogP contribution is 2.43. The van der Waals surface area contributed by atoms with E-state index < -0.39 is 51.8 Å². The van der Waals surface area contributed by atoms with E-state index in [0.717, 1.165) is 64.2 Å². The molecule has 10 nitrogen and oxygen atoms in total. The van der Waals surface area contributed by atoms with E-state index in [1.165, 1.54) is 83.5 Å². The Hall–Kier alpha value is -1.55. The summed E-state index contributed by atoms with van der Waals surface area (Å²) in [4.78, 5) is 34.9. The van der Waals surface area contributed by atoms with Crippen LogP contribution in [-0.2, 0) is 32.7 Å². The third-order valence-corrected chi connectivity index (χ3v) is 9.78. The summed E-state index contributed by atoms with van der Waals surface area (Å²) >= 11 is 0. The van der Waals surface area contributed by atoms with Crippen molar-refractivity contribution in [2.45, 2.75) is 199 Å². The number of hydrogen-bond acceptors (Lipinski definition) is 9. The second-order valence-electron chi connectivity index (χ2n) is 14.0. The molecule has 0 aliphatic carbocycles. The van der Waals surface area contributed by atoms with Gasteiger partial charge in [-0.25, -0.2) is 4.57 Å². The van der Waals surface area contributed by atoms with Crippen molar-refractivity contribution in [1.29, 1.82) is 0 Å². The Kier molecular flexibility index (Phi) is 36.6. The van der Waals surface area contributed by atoms with Crippen LogP contribution in [0.3, 0.4) is 0 Å². The number of hydrogen-bond donors (Lipinski definition) is 3. The molecule has 0 saturated heterocycles. The minimum absolute atomic E-state index is 0.174. The van der Waals surface area contributed by atoms with Crippen LogP contribution >= 0.6 is 7.82 Å². The van der Waals surface area contributed by atoms with Gasteiger partial charge in [0.05, 0.1) is 19.8 Å². The number of rotatable bonds is 39. The second-order valence-corrected chi connectivity index (χ2v) is 15.5. The molecule has 3 atom stereocenters. The van der Waals surface area contributed by atoms with Gasteiger partial charge >= 0.3 is 19.8 Å². The number of carbonyl (C=O) groups excluding carboxylic acids is 2. The molecule has 0 saturated carbocycles. The van der Waals surface area contributed by atoms with Gasteiger partial charge in [0.2, 0.25) is 0 Å². The lowest BCUT2D eigenvalue weighted by Gasteiger charge is -2.20. The maximum absolute atomic E-state index is 12.6. The van der Waals surface area contributed by atoms with Crippen LogP contribution < -0.4 is 0 Å². The molecule has 52 heavy (non-hydrogen) atoms. The zero-order valence-electron chi connectivity index (χ0n) is 33.0. The van der Waals surface area contributed by atoms with Gasteiger partial charge in [-0.2, -0.15) is 0 Å². The lowest BCUT2D eigenvalue weighted by molar-refractivity contribution is -0.161. The summed E-state index contributed by atoms with van der Waals surface area (Å²) in [5.41, 5.74) is 0. The SMILES string of the molecule is CCCCC/C=C/CCCCCCCC(=O)O[C@@H](COC(=O)CCCCCCCCC/C=C/CCCCCCCC)COP(=O)(O)OC[C@H](O)CO. The highest BCUT2D eigenvalue weighted by molar-refractivity contribution is 7.47. The van der Waals surface area contributed by atoms with Gasteiger partial charge in [-0.3, -0.25) is 18.6 Å². The zero-order chi connectivity index (χ0) is 38.4. The summed E-state index contributed by atoms with van der Waals surface area (Å²) < 4.78 is 32.6. The molecule has 0 aliphatic rings. The molecule has 306 valence electrons. The number of esters is 2. The molecule has 11 heteroatoms. The number of phosphoric acid groups is 1. The molecule has 0 aromatic carbocycles. The number of allylic oxidation sites excluding steroid dienone is 4. The van der Waals surface area contributed by atoms with Crippen molar-refractivity contribution in [2.24, 2.45) is 0 Å². The van der Waals surface area contributed by atoms with Crippen molar-refractivity contribution in [3.8, 4) is 0 Å². The highest BCUT2D eigenvalue weighted by Gasteiger charge is 2.27. The normalized spacial score (nSPS) is 14.2. The van der Waals surface area contributed by atoms with Crippen LogP contribution in [0.25, 0.3) is 0 Å². The third-order valence-electron chi connectivity index (χ3n) is 8.83. The van der Waals surface area contributed by atoms with Gasteiger partial charge in [0.1, 0.15) is 12.7 Å². The van der Waals surface area contributed by atoms with Crippen LogP contribution in [0.5, 0.6) is 0 Å². The smallest absolute Gasteiger partial charge is 0.462 e. The largest absolute Gasteiger partial charge is 0.472 e. The van der Waals surface area contributed by atoms with Crippen LogP contribution in [-0.4, -0.2) is 65.7 Å². The molecule has 0 heterocycles. The first-order valence-corrected chi connectivity index (χ1v) is 22.3. The summed E-state index contributed by atoms with van der Waals surface area (Å²) in [6, 6.07) is 0. The second kappa shape index (κ2) is 37.8. The van der Waals surface area contributed by atoms with E-state index >= 15 is 0 Å². The Morgan fingerprint density at radius 1 is 0.558 bits per heavy atom. The van der Waals surface area contributed by atoms with E-state index in [4.69, 9.17) is 19.1 Å². The van der Waals surface area contributed by atoms with Gasteiger partial charge in [-0.1, -0.05) is 134 Å². The van der Waals surface area contributed by atoms with Gasteiger partial charge in [0.25, 0.3) is 0 Å². The molecule has 0 amide bonds. The molecule has 1 unspecified atom stereocenters. The Morgan fingerprint density at radius 3 is 1.42 bits per heavy atom. The predicted molar refractivity (Wildman–Crippen MR) is 210 cm³/mol. The van der Waals surface area contributed by atoms with Crippen LogP contribution in [0, 0.1) is 0 Å². The van der Waals surface area contributed by atoms with Gasteiger partial charge in [-0.05, 0) is 64.2 Å². The molecule has 3 N–H and O–H groups in total. The van der Waals surface area contributed by atoms with Crippen LogP contribution in [0.2, 0.25) is 0 Å². The first-order chi connectivity index (χ1) is 25.2. The average molecular weight is 761 g/mol. The first kappa shape index (κ1) is 50.5. The molecule has 0 radical (unpaired) electrons. The van der Waals surface area contributed by atoms with Crippen LogP contribution in [0.1, 0.15) is 187 Å². The summed E-state index contributed by atoms with van der Waals surface area (Å²) in [6.07, 6.45) is 35.7. The van der Waals surface area contributed by atoms with Gasteiger partial charge in [0.15, 0.2) is 6.10 Å². The minimum Gasteiger partial charge on any atom is -0.462 e. The molecule has 0 aliphatic heterocycles. The number of carbonyl (C=O) groups is 2. The summed E-state index contributed by atoms with van der Waals surface area (Å²) in [6.45, 7) is 2.34. The first-order valence-electron chi connectivity index (χ1n) is 20.8. The number of phosphoric ester groups is 1. The molecule has 0 rings (SSSR count). The lowest BCUT2D eigenvalue weighted by atomic mass is 10.1. The molecular weight excluding hydrogens is 683 g/mol. The quantitative estimate of drug-likeness (QED) is 0.0239. The topological polar surface area (TPSA) is 149 Å². The van der Waals surface area contributed by atoms with Crippen molar-refractivity contribution in [1.82, 2.24) is 0 Å². The Balaban J connectivity index is 4.30. The molecule has 0 aromatic heterocycles. The summed E-state index contributed by atoms with van der Waals surface area (Å²) in [7, 11) is -4.61. The third kappa shape index (κ3) is 36.8. The Labute approximate surface area is 317 Å². The number of aliphatic hydroxyl groups is 2. The van der Waals surface area contributed by atoms with E-state index in [1.807, 2.05) is 0 Å². The average Bonchev–Trinajstić information content (AvgIpc) is 3.13.